The summed E-state index contributed by atoms with van der Waals surface area (Å²) < 4.78 is 7.71. The van der Waals surface area contributed by atoms with Crippen molar-refractivity contribution >= 4 is 39.2 Å². The Morgan fingerprint density at radius 3 is 2.94 bits per heavy atom. The van der Waals surface area contributed by atoms with E-state index in [1.807, 2.05) is 23.8 Å². The molecule has 2 aromatic rings. The molecule has 0 fully saturated rings. The van der Waals surface area contributed by atoms with E-state index < -0.39 is 0 Å². The third kappa shape index (κ3) is 2.03. The van der Waals surface area contributed by atoms with Crippen molar-refractivity contribution in [2.75, 3.05) is 12.9 Å². The molecule has 0 atom stereocenters. The van der Waals surface area contributed by atoms with Crippen LogP contribution in [-0.4, -0.2) is 28.2 Å². The molecule has 4 nitrogen and oxygen atoms in total. The molecule has 0 bridgehead atoms. The highest BCUT2D eigenvalue weighted by Gasteiger charge is 2.22. The van der Waals surface area contributed by atoms with Gasteiger partial charge < -0.3 is 9.14 Å². The fraction of sp³-hybridized carbons (Fsp3) is 0.333. The maximum absolute atomic E-state index is 12.0. The zero-order valence-electron chi connectivity index (χ0n) is 10.4. The van der Waals surface area contributed by atoms with Gasteiger partial charge in [-0.3, -0.25) is 0 Å². The molecule has 2 rings (SSSR count). The van der Waals surface area contributed by atoms with Gasteiger partial charge in [-0.15, -0.1) is 11.8 Å². The molecule has 6 heteroatoms. The van der Waals surface area contributed by atoms with Crippen molar-refractivity contribution in [1.82, 2.24) is 9.38 Å². The Balaban J connectivity index is 2.73. The van der Waals surface area contributed by atoms with Gasteiger partial charge in [0.2, 0.25) is 0 Å². The summed E-state index contributed by atoms with van der Waals surface area (Å²) in [5, 5.41) is 0.895. The maximum Gasteiger partial charge on any atom is 0.341 e. The van der Waals surface area contributed by atoms with Crippen LogP contribution in [0.25, 0.3) is 5.52 Å². The largest absolute Gasteiger partial charge is 0.462 e. The Morgan fingerprint density at radius 1 is 1.61 bits per heavy atom. The molecule has 0 unspecified atom stereocenters. The number of esters is 1. The van der Waals surface area contributed by atoms with E-state index in [9.17, 15) is 4.79 Å². The molecule has 0 aliphatic heterocycles. The van der Waals surface area contributed by atoms with Crippen LogP contribution >= 0.6 is 27.7 Å². The molecule has 18 heavy (non-hydrogen) atoms. The van der Waals surface area contributed by atoms with E-state index in [0.717, 1.165) is 16.1 Å². The van der Waals surface area contributed by atoms with Crippen LogP contribution in [0.3, 0.4) is 0 Å². The summed E-state index contributed by atoms with van der Waals surface area (Å²) in [5.74, 6) is -0.308. The van der Waals surface area contributed by atoms with Crippen LogP contribution in [0.15, 0.2) is 22.0 Å². The Kier molecular flexibility index (Phi) is 3.97. The topological polar surface area (TPSA) is 43.6 Å². The van der Waals surface area contributed by atoms with E-state index in [2.05, 4.69) is 20.9 Å². The summed E-state index contributed by atoms with van der Waals surface area (Å²) >= 11 is 5.02. The molecule has 0 N–H and O–H groups in total. The lowest BCUT2D eigenvalue weighted by Crippen LogP contribution is -2.05. The van der Waals surface area contributed by atoms with E-state index in [4.69, 9.17) is 4.74 Å². The third-order valence-electron chi connectivity index (χ3n) is 2.67. The van der Waals surface area contributed by atoms with Gasteiger partial charge in [-0.1, -0.05) is 0 Å². The summed E-state index contributed by atoms with van der Waals surface area (Å²) in [4.78, 5) is 16.3. The van der Waals surface area contributed by atoms with Crippen molar-refractivity contribution in [2.24, 2.45) is 0 Å². The average Bonchev–Trinajstić information content (AvgIpc) is 2.62. The minimum atomic E-state index is -0.308. The van der Waals surface area contributed by atoms with Gasteiger partial charge in [-0.2, -0.15) is 0 Å². The second-order valence-corrected chi connectivity index (χ2v) is 5.21. The molecule has 96 valence electrons. The lowest BCUT2D eigenvalue weighted by molar-refractivity contribution is 0.0524. The minimum Gasteiger partial charge on any atom is -0.462 e. The van der Waals surface area contributed by atoms with E-state index in [-0.39, 0.29) is 5.97 Å². The number of aryl methyl sites for hydroxylation is 1. The zero-order valence-corrected chi connectivity index (χ0v) is 12.8. The predicted molar refractivity (Wildman–Crippen MR) is 75.4 cm³/mol. The lowest BCUT2D eigenvalue weighted by Gasteiger charge is -2.01. The standard InChI is InChI=1S/C12H13BrN2O2S/c1-4-17-12(16)8-7(2)9-11(18-3)14-5-6-15(9)10(8)13/h5-6H,4H2,1-3H3. The fourth-order valence-corrected chi connectivity index (χ4v) is 3.26. The average molecular weight is 329 g/mol. The van der Waals surface area contributed by atoms with Crippen molar-refractivity contribution in [3.8, 4) is 0 Å². The molecular formula is C12H13BrN2O2S. The van der Waals surface area contributed by atoms with Gasteiger partial charge in [0.15, 0.2) is 0 Å². The number of nitrogens with zero attached hydrogens (tertiary/aromatic N) is 2. The number of aromatic nitrogens is 2. The van der Waals surface area contributed by atoms with Gasteiger partial charge in [-0.05, 0) is 41.6 Å². The second-order valence-electron chi connectivity index (χ2n) is 3.67. The first-order valence-electron chi connectivity index (χ1n) is 5.48. The highest BCUT2D eigenvalue weighted by molar-refractivity contribution is 9.10. The summed E-state index contributed by atoms with van der Waals surface area (Å²) in [7, 11) is 0. The van der Waals surface area contributed by atoms with Crippen LogP contribution in [0, 0.1) is 6.92 Å². The molecule has 0 aliphatic carbocycles. The third-order valence-corrected chi connectivity index (χ3v) is 4.14. The van der Waals surface area contributed by atoms with E-state index in [1.54, 1.807) is 24.9 Å². The Bertz CT molecular complexity index is 610. The Labute approximate surface area is 118 Å². The van der Waals surface area contributed by atoms with Crippen molar-refractivity contribution in [1.29, 1.82) is 0 Å². The number of ether oxygens (including phenoxy) is 1. The van der Waals surface area contributed by atoms with Crippen LogP contribution in [-0.2, 0) is 4.74 Å². The van der Waals surface area contributed by atoms with Crippen LogP contribution in [0.4, 0.5) is 0 Å². The quantitative estimate of drug-likeness (QED) is 0.640. The van der Waals surface area contributed by atoms with Crippen LogP contribution in [0.5, 0.6) is 0 Å². The molecular weight excluding hydrogens is 316 g/mol. The highest BCUT2D eigenvalue weighted by Crippen LogP contribution is 2.32. The van der Waals surface area contributed by atoms with Gasteiger partial charge in [0, 0.05) is 12.4 Å². The van der Waals surface area contributed by atoms with Gasteiger partial charge >= 0.3 is 5.97 Å². The number of thioether (sulfide) groups is 1. The zero-order chi connectivity index (χ0) is 13.3. The lowest BCUT2D eigenvalue weighted by atomic mass is 10.2. The van der Waals surface area contributed by atoms with Crippen molar-refractivity contribution < 1.29 is 9.53 Å². The summed E-state index contributed by atoms with van der Waals surface area (Å²) in [5.41, 5.74) is 2.40. The molecule has 0 radical (unpaired) electrons. The van der Waals surface area contributed by atoms with Crippen molar-refractivity contribution in [3.63, 3.8) is 0 Å². The van der Waals surface area contributed by atoms with E-state index in [1.165, 1.54) is 0 Å². The van der Waals surface area contributed by atoms with Gasteiger partial charge in [0.1, 0.15) is 9.63 Å². The first-order chi connectivity index (χ1) is 8.61. The van der Waals surface area contributed by atoms with E-state index >= 15 is 0 Å². The van der Waals surface area contributed by atoms with Crippen LogP contribution < -0.4 is 0 Å². The number of carbonyl (C=O) groups excluding carboxylic acids is 1. The molecule has 0 aliphatic rings. The highest BCUT2D eigenvalue weighted by atomic mass is 79.9. The summed E-state index contributed by atoms with van der Waals surface area (Å²) in [6.07, 6.45) is 5.51. The minimum absolute atomic E-state index is 0.308. The number of halogens is 1. The van der Waals surface area contributed by atoms with Gasteiger partial charge in [0.25, 0.3) is 0 Å². The molecule has 2 heterocycles. The first-order valence-corrected chi connectivity index (χ1v) is 7.49. The Morgan fingerprint density at radius 2 is 2.33 bits per heavy atom. The molecule has 0 spiro atoms. The van der Waals surface area contributed by atoms with Gasteiger partial charge in [0.05, 0.1) is 17.7 Å². The Hall–Kier alpha value is -1.01. The number of rotatable bonds is 3. The monoisotopic (exact) mass is 328 g/mol. The summed E-state index contributed by atoms with van der Waals surface area (Å²) in [6, 6.07) is 0. The molecule has 2 aromatic heterocycles. The second kappa shape index (κ2) is 5.32. The van der Waals surface area contributed by atoms with Gasteiger partial charge in [-0.25, -0.2) is 9.78 Å². The molecule has 0 saturated heterocycles. The molecule has 0 amide bonds. The van der Waals surface area contributed by atoms with Crippen molar-refractivity contribution in [2.45, 2.75) is 18.9 Å². The van der Waals surface area contributed by atoms with Crippen LogP contribution in [0.1, 0.15) is 22.8 Å². The molecule has 0 aromatic carbocycles. The maximum atomic E-state index is 12.0. The first kappa shape index (κ1) is 13.4. The van der Waals surface area contributed by atoms with E-state index in [0.29, 0.717) is 16.8 Å². The SMILES string of the molecule is CCOC(=O)c1c(C)c2c(SC)nccn2c1Br. The smallest absolute Gasteiger partial charge is 0.341 e. The summed E-state index contributed by atoms with van der Waals surface area (Å²) in [6.45, 7) is 4.07. The number of hydrogen-bond acceptors (Lipinski definition) is 4. The number of carbonyl (C=O) groups is 1. The normalized spacial score (nSPS) is 10.9. The number of hydrogen-bond donors (Lipinski definition) is 0. The molecule has 0 saturated carbocycles. The predicted octanol–water partition coefficient (Wildman–Crippen LogP) is 3.30. The van der Waals surface area contributed by atoms with Crippen molar-refractivity contribution in [3.05, 3.63) is 28.1 Å². The van der Waals surface area contributed by atoms with Crippen LogP contribution in [0.2, 0.25) is 0 Å². The number of fused-ring (bicyclic) bond motifs is 1. The fourth-order valence-electron chi connectivity index (χ4n) is 1.89.